The number of methoxy groups -OCH3 is 1. The molecule has 1 rings (SSSR count). The second kappa shape index (κ2) is 3.72. The van der Waals surface area contributed by atoms with E-state index in [1.54, 1.807) is 0 Å². The Bertz CT molecular complexity index is 140. The lowest BCUT2D eigenvalue weighted by Gasteiger charge is -2.26. The third-order valence-corrected chi connectivity index (χ3v) is 2.25. The van der Waals surface area contributed by atoms with Crippen molar-refractivity contribution in [2.75, 3.05) is 7.11 Å². The van der Waals surface area contributed by atoms with Crippen LogP contribution in [0.3, 0.4) is 0 Å². The fourth-order valence-electron chi connectivity index (χ4n) is 1.28. The lowest BCUT2D eigenvalue weighted by Crippen LogP contribution is -2.27. The van der Waals surface area contributed by atoms with E-state index in [2.05, 4.69) is 4.74 Å². The number of aliphatic hydroxyl groups is 1. The van der Waals surface area contributed by atoms with Crippen molar-refractivity contribution in [3.05, 3.63) is 0 Å². The maximum absolute atomic E-state index is 10.7. The molecule has 0 bridgehead atoms. The summed E-state index contributed by atoms with van der Waals surface area (Å²) in [5.74, 6) is 0.0426. The van der Waals surface area contributed by atoms with Gasteiger partial charge in [0.1, 0.15) is 0 Å². The first-order chi connectivity index (χ1) is 5.24. The summed E-state index contributed by atoms with van der Waals surface area (Å²) in [6, 6.07) is 0. The molecule has 0 amide bonds. The lowest BCUT2D eigenvalue weighted by molar-refractivity contribution is -0.151. The maximum atomic E-state index is 10.7. The SMILES string of the molecule is COC(=O)C(O)CC1CCC1. The van der Waals surface area contributed by atoms with Crippen LogP contribution in [-0.4, -0.2) is 24.3 Å². The number of aliphatic hydroxyl groups excluding tert-OH is 1. The van der Waals surface area contributed by atoms with Gasteiger partial charge >= 0.3 is 5.97 Å². The molecular formula is C8H14O3. The number of hydrogen-bond donors (Lipinski definition) is 1. The topological polar surface area (TPSA) is 46.5 Å². The Balaban J connectivity index is 2.18. The Morgan fingerprint density at radius 2 is 2.36 bits per heavy atom. The molecule has 1 N–H and O–H groups in total. The molecule has 64 valence electrons. The third-order valence-electron chi connectivity index (χ3n) is 2.25. The minimum atomic E-state index is -0.898. The van der Waals surface area contributed by atoms with Crippen LogP contribution < -0.4 is 0 Å². The van der Waals surface area contributed by atoms with Gasteiger partial charge in [-0.25, -0.2) is 4.79 Å². The summed E-state index contributed by atoms with van der Waals surface area (Å²) in [5, 5.41) is 9.18. The van der Waals surface area contributed by atoms with Gasteiger partial charge in [-0.05, 0) is 12.3 Å². The molecular weight excluding hydrogens is 144 g/mol. The van der Waals surface area contributed by atoms with Crippen molar-refractivity contribution in [1.29, 1.82) is 0 Å². The largest absolute Gasteiger partial charge is 0.467 e. The van der Waals surface area contributed by atoms with Crippen molar-refractivity contribution in [3.63, 3.8) is 0 Å². The Kier molecular flexibility index (Phi) is 2.88. The van der Waals surface area contributed by atoms with Gasteiger partial charge < -0.3 is 9.84 Å². The van der Waals surface area contributed by atoms with E-state index in [0.29, 0.717) is 12.3 Å². The number of hydrogen-bond acceptors (Lipinski definition) is 3. The molecule has 0 aromatic carbocycles. The van der Waals surface area contributed by atoms with Crippen LogP contribution in [-0.2, 0) is 9.53 Å². The van der Waals surface area contributed by atoms with Crippen LogP contribution in [0.5, 0.6) is 0 Å². The van der Waals surface area contributed by atoms with Crippen molar-refractivity contribution in [1.82, 2.24) is 0 Å². The predicted octanol–water partition coefficient (Wildman–Crippen LogP) is 0.710. The number of carbonyl (C=O) groups is 1. The van der Waals surface area contributed by atoms with Crippen LogP contribution in [0.15, 0.2) is 0 Å². The van der Waals surface area contributed by atoms with E-state index in [1.807, 2.05) is 0 Å². The molecule has 0 heterocycles. The highest BCUT2D eigenvalue weighted by atomic mass is 16.5. The molecule has 3 nitrogen and oxygen atoms in total. The van der Waals surface area contributed by atoms with E-state index < -0.39 is 12.1 Å². The van der Waals surface area contributed by atoms with Gasteiger partial charge in [0.05, 0.1) is 7.11 Å². The normalized spacial score (nSPS) is 20.5. The fraction of sp³-hybridized carbons (Fsp3) is 0.875. The second-order valence-corrected chi connectivity index (χ2v) is 3.07. The summed E-state index contributed by atoms with van der Waals surface area (Å²) in [4.78, 5) is 10.7. The summed E-state index contributed by atoms with van der Waals surface area (Å²) in [6.07, 6.45) is 3.21. The smallest absolute Gasteiger partial charge is 0.334 e. The van der Waals surface area contributed by atoms with Gasteiger partial charge in [-0.1, -0.05) is 19.3 Å². The van der Waals surface area contributed by atoms with Crippen LogP contribution >= 0.6 is 0 Å². The van der Waals surface area contributed by atoms with E-state index >= 15 is 0 Å². The molecule has 0 aromatic rings. The molecule has 1 fully saturated rings. The minimum Gasteiger partial charge on any atom is -0.467 e. The zero-order chi connectivity index (χ0) is 8.27. The number of esters is 1. The molecule has 0 aromatic heterocycles. The first-order valence-corrected chi connectivity index (χ1v) is 4.00. The minimum absolute atomic E-state index is 0.503. The summed E-state index contributed by atoms with van der Waals surface area (Å²) in [7, 11) is 1.30. The van der Waals surface area contributed by atoms with Gasteiger partial charge in [0.25, 0.3) is 0 Å². The zero-order valence-electron chi connectivity index (χ0n) is 6.75. The van der Waals surface area contributed by atoms with Gasteiger partial charge in [0, 0.05) is 0 Å². The molecule has 1 saturated carbocycles. The van der Waals surface area contributed by atoms with Crippen LogP contribution in [0.2, 0.25) is 0 Å². The summed E-state index contributed by atoms with van der Waals surface area (Å²) in [5.41, 5.74) is 0. The standard InChI is InChI=1S/C8H14O3/c1-11-8(10)7(9)5-6-3-2-4-6/h6-7,9H,2-5H2,1H3. The monoisotopic (exact) mass is 158 g/mol. The Hall–Kier alpha value is -0.570. The van der Waals surface area contributed by atoms with Gasteiger partial charge in [-0.15, -0.1) is 0 Å². The third kappa shape index (κ3) is 2.19. The Labute approximate surface area is 66.4 Å². The van der Waals surface area contributed by atoms with Crippen molar-refractivity contribution in [3.8, 4) is 0 Å². The van der Waals surface area contributed by atoms with Gasteiger partial charge in [-0.2, -0.15) is 0 Å². The molecule has 0 spiro atoms. The maximum Gasteiger partial charge on any atom is 0.334 e. The molecule has 1 aliphatic carbocycles. The van der Waals surface area contributed by atoms with Gasteiger partial charge in [0.2, 0.25) is 0 Å². The van der Waals surface area contributed by atoms with E-state index in [-0.39, 0.29) is 0 Å². The molecule has 0 saturated heterocycles. The molecule has 3 heteroatoms. The molecule has 11 heavy (non-hydrogen) atoms. The van der Waals surface area contributed by atoms with Crippen molar-refractivity contribution >= 4 is 5.97 Å². The van der Waals surface area contributed by atoms with E-state index in [4.69, 9.17) is 0 Å². The van der Waals surface area contributed by atoms with E-state index in [1.165, 1.54) is 13.5 Å². The van der Waals surface area contributed by atoms with Crippen LogP contribution in [0.4, 0.5) is 0 Å². The predicted molar refractivity (Wildman–Crippen MR) is 40.0 cm³/mol. The number of carbonyl (C=O) groups excluding carboxylic acids is 1. The van der Waals surface area contributed by atoms with E-state index in [9.17, 15) is 9.90 Å². The van der Waals surface area contributed by atoms with Gasteiger partial charge in [0.15, 0.2) is 6.10 Å². The van der Waals surface area contributed by atoms with Crippen LogP contribution in [0, 0.1) is 5.92 Å². The number of ether oxygens (including phenoxy) is 1. The average molecular weight is 158 g/mol. The Morgan fingerprint density at radius 1 is 1.73 bits per heavy atom. The highest BCUT2D eigenvalue weighted by Crippen LogP contribution is 2.30. The molecule has 0 radical (unpaired) electrons. The van der Waals surface area contributed by atoms with E-state index in [0.717, 1.165) is 12.8 Å². The first-order valence-electron chi connectivity index (χ1n) is 4.00. The van der Waals surface area contributed by atoms with Crippen molar-refractivity contribution in [2.45, 2.75) is 31.8 Å². The molecule has 1 aliphatic rings. The molecule has 0 aliphatic heterocycles. The quantitative estimate of drug-likeness (QED) is 0.615. The molecule has 1 unspecified atom stereocenters. The zero-order valence-corrected chi connectivity index (χ0v) is 6.75. The van der Waals surface area contributed by atoms with Crippen LogP contribution in [0.25, 0.3) is 0 Å². The Morgan fingerprint density at radius 3 is 2.73 bits per heavy atom. The summed E-state index contributed by atoms with van der Waals surface area (Å²) < 4.78 is 4.39. The lowest BCUT2D eigenvalue weighted by atomic mass is 9.81. The fourth-order valence-corrected chi connectivity index (χ4v) is 1.28. The molecule has 1 atom stereocenters. The summed E-state index contributed by atoms with van der Waals surface area (Å²) in [6.45, 7) is 0. The highest BCUT2D eigenvalue weighted by molar-refractivity contribution is 5.74. The highest BCUT2D eigenvalue weighted by Gasteiger charge is 2.24. The van der Waals surface area contributed by atoms with Crippen molar-refractivity contribution < 1.29 is 14.6 Å². The summed E-state index contributed by atoms with van der Waals surface area (Å²) >= 11 is 0. The second-order valence-electron chi connectivity index (χ2n) is 3.07. The van der Waals surface area contributed by atoms with Gasteiger partial charge in [-0.3, -0.25) is 0 Å². The van der Waals surface area contributed by atoms with Crippen LogP contribution in [0.1, 0.15) is 25.7 Å². The number of rotatable bonds is 3. The first kappa shape index (κ1) is 8.53. The average Bonchev–Trinajstić information content (AvgIpc) is 1.94. The van der Waals surface area contributed by atoms with Crippen molar-refractivity contribution in [2.24, 2.45) is 5.92 Å².